The number of allylic oxidation sites excluding steroid dienone is 2. The van der Waals surface area contributed by atoms with Gasteiger partial charge in [0.1, 0.15) is 6.61 Å². The number of rotatable bonds is 6. The topological polar surface area (TPSA) is 56.8 Å². The second-order valence-electron chi connectivity index (χ2n) is 8.66. The molecule has 0 saturated heterocycles. The Morgan fingerprint density at radius 2 is 1.94 bits per heavy atom. The zero-order valence-corrected chi connectivity index (χ0v) is 21.7. The summed E-state index contributed by atoms with van der Waals surface area (Å²) >= 11 is 10.3. The Morgan fingerprint density at radius 1 is 1.14 bits per heavy atom. The summed E-state index contributed by atoms with van der Waals surface area (Å²) < 4.78 is 17.7. The summed E-state index contributed by atoms with van der Waals surface area (Å²) in [4.78, 5) is 12.5. The van der Waals surface area contributed by atoms with Crippen LogP contribution >= 0.6 is 27.5 Å². The highest BCUT2D eigenvalue weighted by Gasteiger charge is 2.41. The summed E-state index contributed by atoms with van der Waals surface area (Å²) in [5.74, 6) is 1.19. The van der Waals surface area contributed by atoms with E-state index in [-0.39, 0.29) is 23.8 Å². The molecule has 1 heterocycles. The van der Waals surface area contributed by atoms with Gasteiger partial charge in [0.15, 0.2) is 11.5 Å². The molecule has 7 heteroatoms. The highest BCUT2D eigenvalue weighted by molar-refractivity contribution is 9.10. The van der Waals surface area contributed by atoms with E-state index in [1.54, 1.807) is 19.2 Å². The van der Waals surface area contributed by atoms with Gasteiger partial charge in [-0.15, -0.1) is 0 Å². The van der Waals surface area contributed by atoms with Crippen molar-refractivity contribution in [2.45, 2.75) is 25.0 Å². The summed E-state index contributed by atoms with van der Waals surface area (Å²) in [6.45, 7) is 0.435. The number of benzene rings is 3. The van der Waals surface area contributed by atoms with Gasteiger partial charge in [-0.1, -0.05) is 54.1 Å². The third kappa shape index (κ3) is 4.41. The minimum atomic E-state index is -0.360. The number of nitrogens with one attached hydrogen (secondary N) is 1. The molecule has 5 nitrogen and oxygen atoms in total. The lowest BCUT2D eigenvalue weighted by atomic mass is 9.75. The largest absolute Gasteiger partial charge is 0.493 e. The van der Waals surface area contributed by atoms with Crippen LogP contribution in [0.1, 0.15) is 45.4 Å². The van der Waals surface area contributed by atoms with Gasteiger partial charge in [-0.25, -0.2) is 4.79 Å². The summed E-state index contributed by atoms with van der Waals surface area (Å²) in [5.41, 5.74) is 4.33. The smallest absolute Gasteiger partial charge is 0.338 e. The predicted octanol–water partition coefficient (Wildman–Crippen LogP) is 7.30. The highest BCUT2D eigenvalue weighted by Crippen LogP contribution is 2.54. The molecule has 3 aromatic rings. The molecule has 2 aliphatic rings. The van der Waals surface area contributed by atoms with Crippen LogP contribution in [0.4, 0.5) is 5.69 Å². The summed E-state index contributed by atoms with van der Waals surface area (Å²) in [6.07, 6.45) is 5.22. The Kier molecular flexibility index (Phi) is 6.76. The van der Waals surface area contributed by atoms with E-state index in [9.17, 15) is 4.79 Å². The molecule has 0 bridgehead atoms. The second-order valence-corrected chi connectivity index (χ2v) is 9.92. The lowest BCUT2D eigenvalue weighted by Gasteiger charge is -2.39. The maximum atomic E-state index is 12.5. The number of fused-ring (bicyclic) bond motifs is 3. The third-order valence-electron chi connectivity index (χ3n) is 6.71. The van der Waals surface area contributed by atoms with E-state index in [0.29, 0.717) is 28.7 Å². The van der Waals surface area contributed by atoms with Crippen molar-refractivity contribution in [3.05, 3.63) is 98.5 Å². The third-order valence-corrected chi connectivity index (χ3v) is 7.62. The van der Waals surface area contributed by atoms with Gasteiger partial charge in [-0.05, 0) is 69.2 Å². The lowest BCUT2D eigenvalue weighted by Crippen LogP contribution is -2.31. The molecule has 180 valence electrons. The number of halogens is 2. The van der Waals surface area contributed by atoms with Crippen molar-refractivity contribution in [1.29, 1.82) is 0 Å². The molecular weight excluding hydrogens is 530 g/mol. The van der Waals surface area contributed by atoms with Gasteiger partial charge in [-0.2, -0.15) is 0 Å². The van der Waals surface area contributed by atoms with Crippen LogP contribution in [0, 0.1) is 5.92 Å². The first-order valence-electron chi connectivity index (χ1n) is 11.4. The molecule has 1 N–H and O–H groups in total. The molecule has 0 saturated carbocycles. The molecule has 0 radical (unpaired) electrons. The van der Waals surface area contributed by atoms with Crippen LogP contribution in [0.2, 0.25) is 5.02 Å². The molecule has 1 aliphatic heterocycles. The second kappa shape index (κ2) is 9.96. The van der Waals surface area contributed by atoms with Crippen LogP contribution in [0.25, 0.3) is 0 Å². The Hall–Kier alpha value is -2.96. The van der Waals surface area contributed by atoms with E-state index < -0.39 is 0 Å². The van der Waals surface area contributed by atoms with Crippen molar-refractivity contribution in [3.8, 4) is 11.5 Å². The average molecular weight is 555 g/mol. The van der Waals surface area contributed by atoms with Gasteiger partial charge in [-0.3, -0.25) is 0 Å². The van der Waals surface area contributed by atoms with Crippen LogP contribution in [0.15, 0.2) is 71.2 Å². The van der Waals surface area contributed by atoms with Gasteiger partial charge < -0.3 is 19.5 Å². The fraction of sp³-hybridized carbons (Fsp3) is 0.250. The minimum Gasteiger partial charge on any atom is -0.493 e. The van der Waals surface area contributed by atoms with Crippen molar-refractivity contribution in [3.63, 3.8) is 0 Å². The molecule has 0 spiro atoms. The predicted molar refractivity (Wildman–Crippen MR) is 141 cm³/mol. The molecule has 0 amide bonds. The number of methoxy groups -OCH3 is 2. The van der Waals surface area contributed by atoms with E-state index in [4.69, 9.17) is 25.8 Å². The molecule has 35 heavy (non-hydrogen) atoms. The van der Waals surface area contributed by atoms with Gasteiger partial charge >= 0.3 is 5.97 Å². The number of anilines is 1. The van der Waals surface area contributed by atoms with Crippen molar-refractivity contribution in [1.82, 2.24) is 0 Å². The molecule has 3 atom stereocenters. The Labute approximate surface area is 218 Å². The van der Waals surface area contributed by atoms with Gasteiger partial charge in [0.2, 0.25) is 0 Å². The van der Waals surface area contributed by atoms with E-state index >= 15 is 0 Å². The van der Waals surface area contributed by atoms with Crippen LogP contribution < -0.4 is 14.8 Å². The summed E-state index contributed by atoms with van der Waals surface area (Å²) in [6, 6.07) is 17.5. The van der Waals surface area contributed by atoms with Crippen LogP contribution in [-0.4, -0.2) is 20.2 Å². The van der Waals surface area contributed by atoms with Gasteiger partial charge in [0, 0.05) is 5.92 Å². The summed E-state index contributed by atoms with van der Waals surface area (Å²) in [5, 5.41) is 4.21. The molecule has 0 fully saturated rings. The number of esters is 1. The fourth-order valence-corrected chi connectivity index (χ4v) is 5.87. The Bertz CT molecular complexity index is 1290. The zero-order chi connectivity index (χ0) is 24.5. The minimum absolute atomic E-state index is 0.0405. The lowest BCUT2D eigenvalue weighted by molar-refractivity contribution is 0.0598. The van der Waals surface area contributed by atoms with Crippen molar-refractivity contribution < 1.29 is 19.0 Å². The first-order chi connectivity index (χ1) is 17.0. The van der Waals surface area contributed by atoms with E-state index in [2.05, 4.69) is 39.5 Å². The number of hydrogen-bond donors (Lipinski definition) is 1. The number of carbonyl (C=O) groups is 1. The Balaban J connectivity index is 1.51. The van der Waals surface area contributed by atoms with Crippen molar-refractivity contribution in [2.24, 2.45) is 5.92 Å². The number of hydrogen-bond acceptors (Lipinski definition) is 5. The normalized spacial score (nSPS) is 19.9. The molecule has 1 aliphatic carbocycles. The van der Waals surface area contributed by atoms with Crippen LogP contribution in [-0.2, 0) is 11.3 Å². The van der Waals surface area contributed by atoms with Crippen molar-refractivity contribution in [2.75, 3.05) is 19.5 Å². The first kappa shape index (κ1) is 23.8. The monoisotopic (exact) mass is 553 g/mol. The maximum Gasteiger partial charge on any atom is 0.338 e. The SMILES string of the molecule is COC(=O)c1ccc(Cl)c2c1[C@@H]1C=CC[C@@H]1[C@H](c1cc(Br)c(OCc3ccccc3)c(OC)c1)N2. The van der Waals surface area contributed by atoms with Crippen LogP contribution in [0.5, 0.6) is 11.5 Å². The fourth-order valence-electron chi connectivity index (χ4n) is 5.08. The number of ether oxygens (including phenoxy) is 3. The standard InChI is InChI=1S/C28H25BrClNO4/c1-33-23-14-17(13-21(29)27(23)35-15-16-7-4-3-5-8-16)25-19-10-6-9-18(19)24-20(28(32)34-2)11-12-22(30)26(24)31-25/h3-9,11-14,18-19,25,31H,10,15H2,1-2H3/t18-,19+,25+/m1/s1. The van der Waals surface area contributed by atoms with Gasteiger partial charge in [0.25, 0.3) is 0 Å². The molecule has 0 unspecified atom stereocenters. The Morgan fingerprint density at radius 3 is 2.69 bits per heavy atom. The number of carbonyl (C=O) groups excluding carboxylic acids is 1. The molecular formula is C28H25BrClNO4. The van der Waals surface area contributed by atoms with E-state index in [0.717, 1.165) is 33.3 Å². The van der Waals surface area contributed by atoms with E-state index in [1.807, 2.05) is 36.4 Å². The highest BCUT2D eigenvalue weighted by atomic mass is 79.9. The van der Waals surface area contributed by atoms with E-state index in [1.165, 1.54) is 7.11 Å². The summed E-state index contributed by atoms with van der Waals surface area (Å²) in [7, 11) is 3.04. The maximum absolute atomic E-state index is 12.5. The van der Waals surface area contributed by atoms with Crippen molar-refractivity contribution >= 4 is 39.2 Å². The zero-order valence-electron chi connectivity index (χ0n) is 19.4. The quantitative estimate of drug-likeness (QED) is 0.256. The molecule has 5 rings (SSSR count). The molecule has 3 aromatic carbocycles. The molecule has 0 aromatic heterocycles. The van der Waals surface area contributed by atoms with Crippen LogP contribution in [0.3, 0.4) is 0 Å². The van der Waals surface area contributed by atoms with Gasteiger partial charge in [0.05, 0.1) is 41.0 Å². The average Bonchev–Trinajstić information content (AvgIpc) is 3.38. The first-order valence-corrected chi connectivity index (χ1v) is 12.6.